The van der Waals surface area contributed by atoms with Gasteiger partial charge in [-0.15, -0.1) is 0 Å². The van der Waals surface area contributed by atoms with Crippen LogP contribution in [0.2, 0.25) is 0 Å². The van der Waals surface area contributed by atoms with Crippen LogP contribution in [0.3, 0.4) is 0 Å². The van der Waals surface area contributed by atoms with Crippen molar-refractivity contribution in [2.24, 2.45) is 0 Å². The molecule has 0 aliphatic rings. The standard InChI is InChI=1S/C11H19N3O2/c1-11(2,3)12-6-8-5-10(15)14-9(13-8)7-16-4/h5,12H,6-7H2,1-4H3,(H,13,14,15). The van der Waals surface area contributed by atoms with Gasteiger partial charge in [0.2, 0.25) is 0 Å². The van der Waals surface area contributed by atoms with Gasteiger partial charge in [0.05, 0.1) is 5.69 Å². The summed E-state index contributed by atoms with van der Waals surface area (Å²) in [4.78, 5) is 18.2. The third kappa shape index (κ3) is 4.55. The summed E-state index contributed by atoms with van der Waals surface area (Å²) >= 11 is 0. The highest BCUT2D eigenvalue weighted by atomic mass is 16.5. The van der Waals surface area contributed by atoms with E-state index in [0.29, 0.717) is 19.0 Å². The van der Waals surface area contributed by atoms with Gasteiger partial charge in [-0.3, -0.25) is 4.79 Å². The zero-order valence-corrected chi connectivity index (χ0v) is 10.3. The fourth-order valence-electron chi connectivity index (χ4n) is 1.21. The van der Waals surface area contributed by atoms with E-state index >= 15 is 0 Å². The minimum atomic E-state index is -0.146. The molecule has 1 rings (SSSR count). The molecular formula is C11H19N3O2. The van der Waals surface area contributed by atoms with E-state index in [-0.39, 0.29) is 11.1 Å². The van der Waals surface area contributed by atoms with E-state index in [0.717, 1.165) is 5.69 Å². The average molecular weight is 225 g/mol. The predicted molar refractivity (Wildman–Crippen MR) is 62.2 cm³/mol. The van der Waals surface area contributed by atoms with Crippen molar-refractivity contribution in [3.8, 4) is 0 Å². The van der Waals surface area contributed by atoms with Gasteiger partial charge in [0.1, 0.15) is 12.4 Å². The molecule has 0 saturated heterocycles. The van der Waals surface area contributed by atoms with Crippen LogP contribution in [0.4, 0.5) is 0 Å². The molecule has 0 aromatic carbocycles. The molecule has 5 heteroatoms. The maximum atomic E-state index is 11.3. The van der Waals surface area contributed by atoms with Crippen LogP contribution in [0.25, 0.3) is 0 Å². The number of nitrogens with zero attached hydrogens (tertiary/aromatic N) is 1. The summed E-state index contributed by atoms with van der Waals surface area (Å²) in [6.45, 7) is 7.09. The van der Waals surface area contributed by atoms with E-state index in [2.05, 4.69) is 36.1 Å². The number of nitrogens with one attached hydrogen (secondary N) is 2. The smallest absolute Gasteiger partial charge is 0.251 e. The van der Waals surface area contributed by atoms with Gasteiger partial charge < -0.3 is 15.0 Å². The Morgan fingerprint density at radius 3 is 2.75 bits per heavy atom. The molecule has 1 aromatic heterocycles. The lowest BCUT2D eigenvalue weighted by Gasteiger charge is -2.20. The molecule has 0 amide bonds. The molecule has 1 heterocycles. The summed E-state index contributed by atoms with van der Waals surface area (Å²) in [5.74, 6) is 0.556. The maximum Gasteiger partial charge on any atom is 0.251 e. The summed E-state index contributed by atoms with van der Waals surface area (Å²) in [7, 11) is 1.57. The molecular weight excluding hydrogens is 206 g/mol. The topological polar surface area (TPSA) is 67.0 Å². The van der Waals surface area contributed by atoms with E-state index in [1.165, 1.54) is 6.07 Å². The number of rotatable bonds is 4. The number of aromatic amines is 1. The van der Waals surface area contributed by atoms with Crippen LogP contribution < -0.4 is 10.9 Å². The molecule has 90 valence electrons. The number of ether oxygens (including phenoxy) is 1. The monoisotopic (exact) mass is 225 g/mol. The molecule has 1 aromatic rings. The molecule has 2 N–H and O–H groups in total. The molecule has 0 aliphatic heterocycles. The Morgan fingerprint density at radius 2 is 2.19 bits per heavy atom. The highest BCUT2D eigenvalue weighted by Crippen LogP contribution is 2.01. The fraction of sp³-hybridized carbons (Fsp3) is 0.636. The minimum absolute atomic E-state index is 0.00566. The number of hydrogen-bond donors (Lipinski definition) is 2. The number of methoxy groups -OCH3 is 1. The van der Waals surface area contributed by atoms with Gasteiger partial charge in [0, 0.05) is 25.3 Å². The zero-order valence-electron chi connectivity index (χ0n) is 10.3. The Kier molecular flexibility index (Phi) is 4.20. The second kappa shape index (κ2) is 5.23. The van der Waals surface area contributed by atoms with Crippen molar-refractivity contribution in [2.75, 3.05) is 7.11 Å². The van der Waals surface area contributed by atoms with Gasteiger partial charge in [-0.05, 0) is 20.8 Å². The Balaban J connectivity index is 2.76. The van der Waals surface area contributed by atoms with E-state index in [1.54, 1.807) is 7.11 Å². The molecule has 0 radical (unpaired) electrons. The SMILES string of the molecule is COCc1nc(CNC(C)(C)C)cc(=O)[nH]1. The highest BCUT2D eigenvalue weighted by molar-refractivity contribution is 5.02. The number of hydrogen-bond acceptors (Lipinski definition) is 4. The van der Waals surface area contributed by atoms with Crippen molar-refractivity contribution < 1.29 is 4.74 Å². The van der Waals surface area contributed by atoms with Crippen molar-refractivity contribution in [3.63, 3.8) is 0 Å². The van der Waals surface area contributed by atoms with Crippen molar-refractivity contribution in [1.29, 1.82) is 0 Å². The molecule has 0 saturated carbocycles. The quantitative estimate of drug-likeness (QED) is 0.795. The van der Waals surface area contributed by atoms with Crippen LogP contribution in [-0.4, -0.2) is 22.6 Å². The first-order chi connectivity index (χ1) is 7.40. The second-order valence-electron chi connectivity index (χ2n) is 4.72. The van der Waals surface area contributed by atoms with Crippen LogP contribution in [0, 0.1) is 0 Å². The Morgan fingerprint density at radius 1 is 1.50 bits per heavy atom. The third-order valence-electron chi connectivity index (χ3n) is 1.92. The maximum absolute atomic E-state index is 11.3. The lowest BCUT2D eigenvalue weighted by atomic mass is 10.1. The summed E-state index contributed by atoms with van der Waals surface area (Å²) in [5.41, 5.74) is 0.588. The fourth-order valence-corrected chi connectivity index (χ4v) is 1.21. The predicted octanol–water partition coefficient (Wildman–Crippen LogP) is 0.804. The highest BCUT2D eigenvalue weighted by Gasteiger charge is 2.09. The van der Waals surface area contributed by atoms with Gasteiger partial charge in [-0.1, -0.05) is 0 Å². The van der Waals surface area contributed by atoms with Gasteiger partial charge in [0.25, 0.3) is 5.56 Å². The van der Waals surface area contributed by atoms with Crippen molar-refractivity contribution >= 4 is 0 Å². The minimum Gasteiger partial charge on any atom is -0.377 e. The second-order valence-corrected chi connectivity index (χ2v) is 4.72. The lowest BCUT2D eigenvalue weighted by Crippen LogP contribution is -2.35. The molecule has 0 fully saturated rings. The Bertz CT molecular complexity index is 393. The van der Waals surface area contributed by atoms with E-state index in [9.17, 15) is 4.79 Å². The molecule has 0 aliphatic carbocycles. The third-order valence-corrected chi connectivity index (χ3v) is 1.92. The molecule has 0 bridgehead atoms. The first-order valence-electron chi connectivity index (χ1n) is 5.24. The van der Waals surface area contributed by atoms with E-state index in [1.807, 2.05) is 0 Å². The number of aromatic nitrogens is 2. The summed E-state index contributed by atoms with van der Waals surface area (Å²) < 4.78 is 4.93. The molecule has 5 nitrogen and oxygen atoms in total. The van der Waals surface area contributed by atoms with Crippen molar-refractivity contribution in [2.45, 2.75) is 39.5 Å². The van der Waals surface area contributed by atoms with Crippen LogP contribution >= 0.6 is 0 Å². The van der Waals surface area contributed by atoms with Crippen molar-refractivity contribution in [3.05, 3.63) is 27.9 Å². The molecule has 0 atom stereocenters. The zero-order chi connectivity index (χ0) is 12.2. The van der Waals surface area contributed by atoms with Gasteiger partial charge >= 0.3 is 0 Å². The lowest BCUT2D eigenvalue weighted by molar-refractivity contribution is 0.177. The first-order valence-corrected chi connectivity index (χ1v) is 5.24. The van der Waals surface area contributed by atoms with Gasteiger partial charge in [-0.2, -0.15) is 0 Å². The number of H-pyrrole nitrogens is 1. The largest absolute Gasteiger partial charge is 0.377 e. The van der Waals surface area contributed by atoms with Crippen LogP contribution in [0.1, 0.15) is 32.3 Å². The molecule has 0 spiro atoms. The Labute approximate surface area is 95.3 Å². The Hall–Kier alpha value is -1.20. The first kappa shape index (κ1) is 12.9. The van der Waals surface area contributed by atoms with Gasteiger partial charge in [-0.25, -0.2) is 4.98 Å². The molecule has 0 unspecified atom stereocenters. The van der Waals surface area contributed by atoms with Crippen LogP contribution in [0.5, 0.6) is 0 Å². The van der Waals surface area contributed by atoms with Crippen LogP contribution in [0.15, 0.2) is 10.9 Å². The van der Waals surface area contributed by atoms with Crippen LogP contribution in [-0.2, 0) is 17.9 Å². The summed E-state index contributed by atoms with van der Waals surface area (Å²) in [6.07, 6.45) is 0. The van der Waals surface area contributed by atoms with E-state index < -0.39 is 0 Å². The summed E-state index contributed by atoms with van der Waals surface area (Å²) in [6, 6.07) is 1.50. The van der Waals surface area contributed by atoms with E-state index in [4.69, 9.17) is 4.74 Å². The summed E-state index contributed by atoms with van der Waals surface area (Å²) in [5, 5.41) is 3.28. The average Bonchev–Trinajstić information content (AvgIpc) is 2.13. The van der Waals surface area contributed by atoms with Crippen molar-refractivity contribution in [1.82, 2.24) is 15.3 Å². The molecule has 16 heavy (non-hydrogen) atoms. The normalized spacial score (nSPS) is 11.8. The van der Waals surface area contributed by atoms with Gasteiger partial charge in [0.15, 0.2) is 0 Å².